The van der Waals surface area contributed by atoms with Crippen molar-refractivity contribution in [1.29, 1.82) is 0 Å². The zero-order valence-electron chi connectivity index (χ0n) is 22.8. The van der Waals surface area contributed by atoms with Crippen LogP contribution in [-0.2, 0) is 11.3 Å². The molecule has 0 aromatic heterocycles. The minimum Gasteiger partial charge on any atom is -0.406 e. The Morgan fingerprint density at radius 2 is 1.83 bits per heavy atom. The highest BCUT2D eigenvalue weighted by atomic mass is 32.1. The van der Waals surface area contributed by atoms with Crippen molar-refractivity contribution in [2.24, 2.45) is 0 Å². The lowest BCUT2D eigenvalue weighted by molar-refractivity contribution is -0.274. The number of nitrogens with zero attached hydrogens (tertiary/aromatic N) is 1. The minimum atomic E-state index is -4.91. The summed E-state index contributed by atoms with van der Waals surface area (Å²) in [6.45, 7) is 3.70. The zero-order chi connectivity index (χ0) is 30.3. The van der Waals surface area contributed by atoms with Crippen molar-refractivity contribution in [2.75, 3.05) is 36.0 Å². The van der Waals surface area contributed by atoms with E-state index in [4.69, 9.17) is 18.0 Å². The lowest BCUT2D eigenvalue weighted by Gasteiger charge is -2.19. The quantitative estimate of drug-likeness (QED) is 0.181. The molecule has 6 N–H and O–H groups in total. The molecule has 13 heteroatoms. The fraction of sp³-hybridized carbons (Fsp3) is 0.276. The summed E-state index contributed by atoms with van der Waals surface area (Å²) >= 11 is 5.46. The Balaban J connectivity index is 1.24. The molecule has 4 rings (SSSR count). The van der Waals surface area contributed by atoms with Gasteiger partial charge in [-0.1, -0.05) is 30.3 Å². The third-order valence-corrected chi connectivity index (χ3v) is 6.74. The number of para-hydroxylation sites is 1. The lowest BCUT2D eigenvalue weighted by Crippen LogP contribution is -2.43. The average Bonchev–Trinajstić information content (AvgIpc) is 3.36. The maximum absolute atomic E-state index is 12.5. The number of amides is 2. The van der Waals surface area contributed by atoms with Crippen molar-refractivity contribution in [3.05, 3.63) is 83.4 Å². The number of carbonyl (C=O) groups is 2. The molecule has 0 saturated carbocycles. The molecule has 222 valence electrons. The first-order valence-corrected chi connectivity index (χ1v) is 13.5. The summed E-state index contributed by atoms with van der Waals surface area (Å²) in [5.74, 6) is -1.79. The standard InChI is InChI=1S/C29H31F3N6O3S/c1-18-7-8-19(13-25(18)37-28(42)36-20-5-3-2-4-6-20)16-38-12-11-21(17-38)35-26(39)15-34-27(40)23-14-22(9-10-24(23)33)41-29(30,31)32/h2-10,13-14,21H,11-12,15-17,33H2,1H3,(H,34,40)(H,35,39)(H2,36,37,42)/t21-/m1/s1. The molecular formula is C29H31F3N6O3S. The number of anilines is 3. The van der Waals surface area contributed by atoms with Gasteiger partial charge in [0.25, 0.3) is 5.91 Å². The number of likely N-dealkylation sites (tertiary alicyclic amines) is 1. The monoisotopic (exact) mass is 600 g/mol. The number of nitrogens with one attached hydrogen (secondary N) is 4. The number of ether oxygens (including phenoxy) is 1. The number of benzene rings is 3. The van der Waals surface area contributed by atoms with Crippen molar-refractivity contribution in [1.82, 2.24) is 15.5 Å². The Morgan fingerprint density at radius 1 is 1.07 bits per heavy atom. The fourth-order valence-electron chi connectivity index (χ4n) is 4.52. The van der Waals surface area contributed by atoms with Gasteiger partial charge in [-0.3, -0.25) is 14.5 Å². The predicted octanol–water partition coefficient (Wildman–Crippen LogP) is 4.41. The zero-order valence-corrected chi connectivity index (χ0v) is 23.6. The summed E-state index contributed by atoms with van der Waals surface area (Å²) in [5.41, 5.74) is 9.38. The van der Waals surface area contributed by atoms with E-state index < -0.39 is 23.9 Å². The minimum absolute atomic E-state index is 0.0439. The van der Waals surface area contributed by atoms with E-state index >= 15 is 0 Å². The summed E-state index contributed by atoms with van der Waals surface area (Å²) in [4.78, 5) is 27.2. The predicted molar refractivity (Wildman–Crippen MR) is 159 cm³/mol. The van der Waals surface area contributed by atoms with E-state index in [1.54, 1.807) is 0 Å². The Labute approximate surface area is 246 Å². The van der Waals surface area contributed by atoms with E-state index in [1.807, 2.05) is 43.3 Å². The maximum Gasteiger partial charge on any atom is 0.573 e. The first-order chi connectivity index (χ1) is 19.9. The molecule has 0 spiro atoms. The van der Waals surface area contributed by atoms with Gasteiger partial charge in [-0.15, -0.1) is 13.2 Å². The third-order valence-electron chi connectivity index (χ3n) is 6.54. The molecular weight excluding hydrogens is 569 g/mol. The van der Waals surface area contributed by atoms with Crippen molar-refractivity contribution in [2.45, 2.75) is 32.3 Å². The second-order valence-corrected chi connectivity index (χ2v) is 10.3. The second kappa shape index (κ2) is 13.5. The highest BCUT2D eigenvalue weighted by Gasteiger charge is 2.31. The molecule has 42 heavy (non-hydrogen) atoms. The number of hydrogen-bond acceptors (Lipinski definition) is 6. The molecule has 3 aromatic rings. The van der Waals surface area contributed by atoms with E-state index in [1.165, 1.54) is 0 Å². The molecule has 1 aliphatic rings. The van der Waals surface area contributed by atoms with Crippen LogP contribution in [0.4, 0.5) is 30.2 Å². The Kier molecular flexibility index (Phi) is 9.86. The van der Waals surface area contributed by atoms with Crippen LogP contribution in [0.2, 0.25) is 0 Å². The average molecular weight is 601 g/mol. The van der Waals surface area contributed by atoms with Crippen LogP contribution >= 0.6 is 12.2 Å². The van der Waals surface area contributed by atoms with Gasteiger partial charge in [0.15, 0.2) is 5.11 Å². The number of hydrogen-bond donors (Lipinski definition) is 5. The van der Waals surface area contributed by atoms with E-state index in [0.29, 0.717) is 18.2 Å². The van der Waals surface area contributed by atoms with Crippen LogP contribution in [0.1, 0.15) is 27.9 Å². The smallest absolute Gasteiger partial charge is 0.406 e. The van der Waals surface area contributed by atoms with Gasteiger partial charge in [-0.2, -0.15) is 0 Å². The van der Waals surface area contributed by atoms with Crippen LogP contribution in [-0.4, -0.2) is 53.9 Å². The number of alkyl halides is 3. The largest absolute Gasteiger partial charge is 0.573 e. The van der Waals surface area contributed by atoms with Crippen LogP contribution in [0.5, 0.6) is 5.75 Å². The van der Waals surface area contributed by atoms with Gasteiger partial charge in [-0.05, 0) is 73.1 Å². The van der Waals surface area contributed by atoms with E-state index in [-0.39, 0.29) is 23.8 Å². The van der Waals surface area contributed by atoms with Gasteiger partial charge >= 0.3 is 6.36 Å². The Bertz CT molecular complexity index is 1440. The number of thiocarbonyl (C=S) groups is 1. The van der Waals surface area contributed by atoms with Crippen LogP contribution in [0, 0.1) is 6.92 Å². The molecule has 9 nitrogen and oxygen atoms in total. The number of nitrogen functional groups attached to an aromatic ring is 1. The summed E-state index contributed by atoms with van der Waals surface area (Å²) in [6.07, 6.45) is -4.18. The van der Waals surface area contributed by atoms with Crippen molar-refractivity contribution >= 4 is 46.2 Å². The molecule has 1 fully saturated rings. The van der Waals surface area contributed by atoms with Gasteiger partial charge in [-0.25, -0.2) is 0 Å². The first kappa shape index (κ1) is 30.6. The molecule has 0 unspecified atom stereocenters. The molecule has 0 bridgehead atoms. The molecule has 1 aliphatic heterocycles. The topological polar surface area (TPSA) is 121 Å². The van der Waals surface area contributed by atoms with Crippen LogP contribution < -0.4 is 31.7 Å². The third kappa shape index (κ3) is 9.08. The van der Waals surface area contributed by atoms with Crippen molar-refractivity contribution in [3.8, 4) is 5.75 Å². The van der Waals surface area contributed by atoms with Gasteiger partial charge in [0.2, 0.25) is 5.91 Å². The Hall–Kier alpha value is -4.36. The number of nitrogens with two attached hydrogens (primary N) is 1. The summed E-state index contributed by atoms with van der Waals surface area (Å²) in [6, 6.07) is 18.7. The number of carbonyl (C=O) groups excluding carboxylic acids is 2. The van der Waals surface area contributed by atoms with E-state index in [0.717, 1.165) is 53.7 Å². The number of rotatable bonds is 9. The van der Waals surface area contributed by atoms with Gasteiger partial charge in [0.05, 0.1) is 12.1 Å². The molecule has 3 aromatic carbocycles. The molecule has 0 aliphatic carbocycles. The summed E-state index contributed by atoms with van der Waals surface area (Å²) < 4.78 is 41.3. The highest BCUT2D eigenvalue weighted by Crippen LogP contribution is 2.26. The molecule has 0 radical (unpaired) electrons. The van der Waals surface area contributed by atoms with Gasteiger partial charge in [0.1, 0.15) is 5.75 Å². The second-order valence-electron chi connectivity index (χ2n) is 9.86. The highest BCUT2D eigenvalue weighted by molar-refractivity contribution is 7.80. The van der Waals surface area contributed by atoms with Crippen LogP contribution in [0.25, 0.3) is 0 Å². The normalized spacial score (nSPS) is 15.1. The lowest BCUT2D eigenvalue weighted by atomic mass is 10.1. The Morgan fingerprint density at radius 3 is 2.57 bits per heavy atom. The van der Waals surface area contributed by atoms with Crippen LogP contribution in [0.15, 0.2) is 66.7 Å². The fourth-order valence-corrected chi connectivity index (χ4v) is 4.75. The van der Waals surface area contributed by atoms with Crippen molar-refractivity contribution < 1.29 is 27.5 Å². The number of halogens is 3. The van der Waals surface area contributed by atoms with E-state index in [2.05, 4.69) is 43.0 Å². The van der Waals surface area contributed by atoms with E-state index in [9.17, 15) is 22.8 Å². The molecule has 1 atom stereocenters. The number of aryl methyl sites for hydroxylation is 1. The SMILES string of the molecule is Cc1ccc(CN2CC[C@@H](NC(=O)CNC(=O)c3cc(OC(F)(F)F)ccc3N)C2)cc1NC(=S)Nc1ccccc1. The summed E-state index contributed by atoms with van der Waals surface area (Å²) in [5, 5.41) is 12.2. The van der Waals surface area contributed by atoms with Crippen LogP contribution in [0.3, 0.4) is 0 Å². The molecule has 2 amide bonds. The van der Waals surface area contributed by atoms with Crippen molar-refractivity contribution in [3.63, 3.8) is 0 Å². The first-order valence-electron chi connectivity index (χ1n) is 13.1. The van der Waals surface area contributed by atoms with Gasteiger partial charge in [0, 0.05) is 42.7 Å². The summed E-state index contributed by atoms with van der Waals surface area (Å²) in [7, 11) is 0. The maximum atomic E-state index is 12.5. The molecule has 1 heterocycles. The van der Waals surface area contributed by atoms with Gasteiger partial charge < -0.3 is 31.7 Å². The molecule has 1 saturated heterocycles.